The number of ether oxygens (including phenoxy) is 2. The fraction of sp³-hybridized carbons (Fsp3) is 0.235. The quantitative estimate of drug-likeness (QED) is 0.786. The van der Waals surface area contributed by atoms with E-state index < -0.39 is 22.5 Å². The van der Waals surface area contributed by atoms with E-state index in [1.54, 1.807) is 24.3 Å². The van der Waals surface area contributed by atoms with Gasteiger partial charge in [0.2, 0.25) is 15.9 Å². The average molecular weight is 431 g/mol. The van der Waals surface area contributed by atoms with Crippen molar-refractivity contribution >= 4 is 50.5 Å². The molecule has 1 amide bonds. The largest absolute Gasteiger partial charge is 0.486 e. The lowest BCUT2D eigenvalue weighted by Gasteiger charge is -2.23. The molecule has 10 heteroatoms. The summed E-state index contributed by atoms with van der Waals surface area (Å²) >= 11 is 12.1. The molecule has 0 aromatic heterocycles. The highest BCUT2D eigenvalue weighted by atomic mass is 35.5. The lowest BCUT2D eigenvalue weighted by molar-refractivity contribution is -0.114. The number of sulfonamides is 1. The molecule has 0 saturated carbocycles. The predicted molar refractivity (Wildman–Crippen MR) is 105 cm³/mol. The van der Waals surface area contributed by atoms with Gasteiger partial charge in [-0.3, -0.25) is 9.10 Å². The number of carbonyl (C=O) groups is 1. The minimum atomic E-state index is -3.77. The van der Waals surface area contributed by atoms with Crippen LogP contribution in [0.1, 0.15) is 0 Å². The van der Waals surface area contributed by atoms with Crippen LogP contribution in [0.4, 0.5) is 11.4 Å². The third kappa shape index (κ3) is 4.58. The van der Waals surface area contributed by atoms with Gasteiger partial charge < -0.3 is 14.8 Å². The summed E-state index contributed by atoms with van der Waals surface area (Å²) in [5, 5.41) is 2.88. The van der Waals surface area contributed by atoms with Crippen LogP contribution in [0, 0.1) is 0 Å². The molecule has 0 aliphatic carbocycles. The van der Waals surface area contributed by atoms with Crippen LogP contribution in [0.3, 0.4) is 0 Å². The summed E-state index contributed by atoms with van der Waals surface area (Å²) in [7, 11) is -3.77. The lowest BCUT2D eigenvalue weighted by Crippen LogP contribution is -2.37. The van der Waals surface area contributed by atoms with Gasteiger partial charge in [-0.05, 0) is 24.3 Å². The van der Waals surface area contributed by atoms with Crippen molar-refractivity contribution < 1.29 is 22.7 Å². The van der Waals surface area contributed by atoms with E-state index in [-0.39, 0.29) is 15.7 Å². The molecule has 0 atom stereocenters. The van der Waals surface area contributed by atoms with Crippen molar-refractivity contribution in [1.82, 2.24) is 0 Å². The Morgan fingerprint density at radius 3 is 2.56 bits per heavy atom. The molecule has 2 aromatic carbocycles. The minimum absolute atomic E-state index is 0.0525. The molecule has 1 aliphatic heterocycles. The molecule has 1 aliphatic rings. The highest BCUT2D eigenvalue weighted by Gasteiger charge is 2.24. The summed E-state index contributed by atoms with van der Waals surface area (Å²) in [4.78, 5) is 12.4. The zero-order chi connectivity index (χ0) is 19.6. The molecule has 3 rings (SSSR count). The Balaban J connectivity index is 1.80. The van der Waals surface area contributed by atoms with E-state index in [0.717, 1.165) is 10.6 Å². The SMILES string of the molecule is CS(=O)(=O)N(CC(=O)Nc1ccc2c(c1)OCCO2)c1cccc(Cl)c1Cl. The fourth-order valence-electron chi connectivity index (χ4n) is 2.52. The standard InChI is InChI=1S/C17H16Cl2N2O5S/c1-27(23,24)21(13-4-2-3-12(18)17(13)19)10-16(22)20-11-5-6-14-15(9-11)26-8-7-25-14/h2-6,9H,7-8,10H2,1H3,(H,20,22). The zero-order valence-electron chi connectivity index (χ0n) is 14.2. The topological polar surface area (TPSA) is 84.9 Å². The predicted octanol–water partition coefficient (Wildman–Crippen LogP) is 3.17. The van der Waals surface area contributed by atoms with Gasteiger partial charge in [0.05, 0.1) is 22.0 Å². The molecule has 0 fully saturated rings. The normalized spacial score (nSPS) is 13.1. The van der Waals surface area contributed by atoms with Crippen LogP contribution in [0.2, 0.25) is 10.0 Å². The van der Waals surface area contributed by atoms with Gasteiger partial charge in [0.15, 0.2) is 11.5 Å². The number of amides is 1. The number of nitrogens with zero attached hydrogens (tertiary/aromatic N) is 1. The maximum Gasteiger partial charge on any atom is 0.245 e. The highest BCUT2D eigenvalue weighted by molar-refractivity contribution is 7.92. The van der Waals surface area contributed by atoms with E-state index in [9.17, 15) is 13.2 Å². The molecule has 1 heterocycles. The molecule has 0 radical (unpaired) electrons. The Bertz CT molecular complexity index is 981. The number of rotatable bonds is 5. The number of halogens is 2. The van der Waals surface area contributed by atoms with Crippen molar-refractivity contribution in [3.05, 3.63) is 46.4 Å². The van der Waals surface area contributed by atoms with E-state index >= 15 is 0 Å². The first kappa shape index (κ1) is 19.6. The number of benzene rings is 2. The summed E-state index contributed by atoms with van der Waals surface area (Å²) in [6, 6.07) is 9.49. The summed E-state index contributed by atoms with van der Waals surface area (Å²) in [5.74, 6) is 0.549. The lowest BCUT2D eigenvalue weighted by atomic mass is 10.2. The van der Waals surface area contributed by atoms with E-state index in [1.807, 2.05) is 0 Å². The maximum absolute atomic E-state index is 12.4. The van der Waals surface area contributed by atoms with Crippen LogP contribution >= 0.6 is 23.2 Å². The molecule has 2 aromatic rings. The summed E-state index contributed by atoms with van der Waals surface area (Å²) in [6.07, 6.45) is 0.988. The van der Waals surface area contributed by atoms with Gasteiger partial charge in [-0.25, -0.2) is 8.42 Å². The average Bonchev–Trinajstić information content (AvgIpc) is 2.61. The second kappa shape index (κ2) is 7.84. The number of anilines is 2. The zero-order valence-corrected chi connectivity index (χ0v) is 16.6. The molecule has 0 unspecified atom stereocenters. The second-order valence-corrected chi connectivity index (χ2v) is 8.44. The molecule has 1 N–H and O–H groups in total. The Morgan fingerprint density at radius 2 is 1.85 bits per heavy atom. The van der Waals surface area contributed by atoms with Crippen LogP contribution in [-0.4, -0.2) is 40.3 Å². The summed E-state index contributed by atoms with van der Waals surface area (Å²) < 4.78 is 36.1. The van der Waals surface area contributed by atoms with E-state index in [1.165, 1.54) is 12.1 Å². The number of fused-ring (bicyclic) bond motifs is 1. The number of hydrogen-bond acceptors (Lipinski definition) is 5. The summed E-state index contributed by atoms with van der Waals surface area (Å²) in [5.41, 5.74) is 0.582. The van der Waals surface area contributed by atoms with Crippen molar-refractivity contribution in [2.24, 2.45) is 0 Å². The third-order valence-electron chi connectivity index (χ3n) is 3.71. The minimum Gasteiger partial charge on any atom is -0.486 e. The number of nitrogens with one attached hydrogen (secondary N) is 1. The maximum atomic E-state index is 12.4. The van der Waals surface area contributed by atoms with Gasteiger partial charge in [-0.2, -0.15) is 0 Å². The summed E-state index contributed by atoms with van der Waals surface area (Å²) in [6.45, 7) is 0.412. The van der Waals surface area contributed by atoms with E-state index in [0.29, 0.717) is 30.4 Å². The first-order valence-electron chi connectivity index (χ1n) is 7.87. The first-order valence-corrected chi connectivity index (χ1v) is 10.5. The molecule has 0 spiro atoms. The monoisotopic (exact) mass is 430 g/mol. The Labute approximate surface area is 166 Å². The van der Waals surface area contributed by atoms with Crippen LogP contribution < -0.4 is 19.1 Å². The van der Waals surface area contributed by atoms with E-state index in [4.69, 9.17) is 32.7 Å². The van der Waals surface area contributed by atoms with Crippen LogP contribution in [0.5, 0.6) is 11.5 Å². The van der Waals surface area contributed by atoms with Gasteiger partial charge in [-0.15, -0.1) is 0 Å². The molecule has 0 bridgehead atoms. The van der Waals surface area contributed by atoms with E-state index in [2.05, 4.69) is 5.32 Å². The first-order chi connectivity index (χ1) is 12.8. The van der Waals surface area contributed by atoms with Crippen molar-refractivity contribution in [2.45, 2.75) is 0 Å². The Hall–Kier alpha value is -2.16. The smallest absolute Gasteiger partial charge is 0.245 e. The van der Waals surface area contributed by atoms with Crippen LogP contribution in [0.25, 0.3) is 0 Å². The number of carbonyl (C=O) groups excluding carboxylic acids is 1. The van der Waals surface area contributed by atoms with Crippen molar-refractivity contribution in [3.63, 3.8) is 0 Å². The van der Waals surface area contributed by atoms with Crippen LogP contribution in [-0.2, 0) is 14.8 Å². The Morgan fingerprint density at radius 1 is 1.15 bits per heavy atom. The molecule has 7 nitrogen and oxygen atoms in total. The second-order valence-electron chi connectivity index (χ2n) is 5.75. The van der Waals surface area contributed by atoms with Gasteiger partial charge >= 0.3 is 0 Å². The van der Waals surface area contributed by atoms with Crippen molar-refractivity contribution in [1.29, 1.82) is 0 Å². The highest BCUT2D eigenvalue weighted by Crippen LogP contribution is 2.34. The Kier molecular flexibility index (Phi) is 5.69. The molecular formula is C17H16Cl2N2O5S. The number of hydrogen-bond donors (Lipinski definition) is 1. The van der Waals surface area contributed by atoms with Gasteiger partial charge in [0.1, 0.15) is 19.8 Å². The van der Waals surface area contributed by atoms with Crippen molar-refractivity contribution in [3.8, 4) is 11.5 Å². The fourth-order valence-corrected chi connectivity index (χ4v) is 3.83. The van der Waals surface area contributed by atoms with Gasteiger partial charge in [-0.1, -0.05) is 29.3 Å². The van der Waals surface area contributed by atoms with Gasteiger partial charge in [0, 0.05) is 11.8 Å². The van der Waals surface area contributed by atoms with Crippen LogP contribution in [0.15, 0.2) is 36.4 Å². The molecule has 27 heavy (non-hydrogen) atoms. The third-order valence-corrected chi connectivity index (χ3v) is 5.65. The van der Waals surface area contributed by atoms with Gasteiger partial charge in [0.25, 0.3) is 0 Å². The molecular weight excluding hydrogens is 415 g/mol. The van der Waals surface area contributed by atoms with Crippen molar-refractivity contribution in [2.75, 3.05) is 35.6 Å². The molecule has 0 saturated heterocycles. The molecule has 144 valence electrons.